The van der Waals surface area contributed by atoms with Crippen molar-refractivity contribution in [2.24, 2.45) is 0 Å². The molecule has 0 amide bonds. The summed E-state index contributed by atoms with van der Waals surface area (Å²) in [6.45, 7) is 11.3. The Morgan fingerprint density at radius 2 is 1.67 bits per heavy atom. The van der Waals surface area contributed by atoms with Crippen LogP contribution in [0.3, 0.4) is 0 Å². The molecule has 1 fully saturated rings. The van der Waals surface area contributed by atoms with Crippen LogP contribution in [0.15, 0.2) is 42.0 Å². The molecule has 0 aliphatic carbocycles. The maximum Gasteiger partial charge on any atom is 0.0234 e. The molecule has 0 radical (unpaired) electrons. The molecule has 1 aromatic carbocycles. The fourth-order valence-electron chi connectivity index (χ4n) is 2.39. The minimum atomic E-state index is 1.09. The van der Waals surface area contributed by atoms with Crippen molar-refractivity contribution in [2.75, 3.05) is 32.7 Å². The molecule has 98 valence electrons. The zero-order chi connectivity index (χ0) is 12.8. The summed E-state index contributed by atoms with van der Waals surface area (Å²) in [5, 5.41) is 0. The van der Waals surface area contributed by atoms with Crippen LogP contribution in [-0.2, 0) is 6.54 Å². The highest BCUT2D eigenvalue weighted by molar-refractivity contribution is 5.14. The van der Waals surface area contributed by atoms with Gasteiger partial charge in [-0.1, -0.05) is 42.0 Å². The van der Waals surface area contributed by atoms with Gasteiger partial charge in [-0.3, -0.25) is 9.80 Å². The monoisotopic (exact) mass is 244 g/mol. The van der Waals surface area contributed by atoms with Crippen molar-refractivity contribution >= 4 is 0 Å². The fraction of sp³-hybridized carbons (Fsp3) is 0.500. The number of rotatable bonds is 4. The van der Waals surface area contributed by atoms with Gasteiger partial charge in [0.1, 0.15) is 0 Å². The van der Waals surface area contributed by atoms with Crippen LogP contribution < -0.4 is 0 Å². The molecule has 1 aliphatic rings. The van der Waals surface area contributed by atoms with Gasteiger partial charge in [0.05, 0.1) is 0 Å². The zero-order valence-electron chi connectivity index (χ0n) is 11.6. The Hall–Kier alpha value is -1.12. The second-order valence-corrected chi connectivity index (χ2v) is 5.17. The third-order valence-corrected chi connectivity index (χ3v) is 3.68. The lowest BCUT2D eigenvalue weighted by Crippen LogP contribution is -2.46. The normalized spacial score (nSPS) is 19.1. The van der Waals surface area contributed by atoms with Gasteiger partial charge in [0, 0.05) is 39.3 Å². The van der Waals surface area contributed by atoms with E-state index in [4.69, 9.17) is 0 Å². The lowest BCUT2D eigenvalue weighted by atomic mass is 10.2. The van der Waals surface area contributed by atoms with Gasteiger partial charge in [0.15, 0.2) is 0 Å². The molecule has 0 bridgehead atoms. The predicted octanol–water partition coefficient (Wildman–Crippen LogP) is 2.77. The lowest BCUT2D eigenvalue weighted by molar-refractivity contribution is 0.135. The maximum atomic E-state index is 2.55. The van der Waals surface area contributed by atoms with Crippen molar-refractivity contribution in [1.82, 2.24) is 9.80 Å². The van der Waals surface area contributed by atoms with Gasteiger partial charge in [0.25, 0.3) is 0 Å². The Morgan fingerprint density at radius 3 is 2.28 bits per heavy atom. The summed E-state index contributed by atoms with van der Waals surface area (Å²) in [7, 11) is 0. The van der Waals surface area contributed by atoms with E-state index < -0.39 is 0 Å². The molecule has 0 aromatic heterocycles. The molecule has 0 atom stereocenters. The van der Waals surface area contributed by atoms with Crippen LogP contribution in [0, 0.1) is 0 Å². The largest absolute Gasteiger partial charge is 0.297 e. The van der Waals surface area contributed by atoms with Crippen molar-refractivity contribution in [3.05, 3.63) is 47.5 Å². The van der Waals surface area contributed by atoms with Gasteiger partial charge in [-0.05, 0) is 19.4 Å². The molecule has 1 saturated heterocycles. The predicted molar refractivity (Wildman–Crippen MR) is 77.6 cm³/mol. The van der Waals surface area contributed by atoms with Gasteiger partial charge in [0.2, 0.25) is 0 Å². The lowest BCUT2D eigenvalue weighted by Gasteiger charge is -2.34. The van der Waals surface area contributed by atoms with Crippen molar-refractivity contribution < 1.29 is 0 Å². The summed E-state index contributed by atoms with van der Waals surface area (Å²) in [6.07, 6.45) is 2.22. The van der Waals surface area contributed by atoms with Gasteiger partial charge in [-0.25, -0.2) is 0 Å². The molecule has 0 saturated carbocycles. The first-order valence-corrected chi connectivity index (χ1v) is 6.88. The Morgan fingerprint density at radius 1 is 1.06 bits per heavy atom. The van der Waals surface area contributed by atoms with E-state index in [1.165, 1.54) is 37.3 Å². The molecule has 2 heteroatoms. The highest BCUT2D eigenvalue weighted by Gasteiger charge is 2.16. The molecule has 0 unspecified atom stereocenters. The Kier molecular flexibility index (Phi) is 4.97. The summed E-state index contributed by atoms with van der Waals surface area (Å²) in [6, 6.07) is 10.8. The average molecular weight is 244 g/mol. The first kappa shape index (κ1) is 13.3. The van der Waals surface area contributed by atoms with E-state index in [-0.39, 0.29) is 0 Å². The average Bonchev–Trinajstić information content (AvgIpc) is 2.42. The topological polar surface area (TPSA) is 6.48 Å². The standard InChI is InChI=1S/C16H24N2/c1-3-15(2)13-17-9-11-18(12-10-17)14-16-7-5-4-6-8-16/h3-8H,9-14H2,1-2H3/b15-3+. The number of benzene rings is 1. The molecule has 0 spiro atoms. The van der Waals surface area contributed by atoms with Gasteiger partial charge < -0.3 is 0 Å². The summed E-state index contributed by atoms with van der Waals surface area (Å²) in [5.74, 6) is 0. The highest BCUT2D eigenvalue weighted by Crippen LogP contribution is 2.09. The van der Waals surface area contributed by atoms with Crippen molar-refractivity contribution in [3.8, 4) is 0 Å². The molecule has 18 heavy (non-hydrogen) atoms. The van der Waals surface area contributed by atoms with Gasteiger partial charge in [-0.2, -0.15) is 0 Å². The first-order valence-electron chi connectivity index (χ1n) is 6.88. The Labute approximate surface area is 111 Å². The molecule has 2 rings (SSSR count). The van der Waals surface area contributed by atoms with Gasteiger partial charge in [-0.15, -0.1) is 0 Å². The van der Waals surface area contributed by atoms with E-state index in [0.717, 1.165) is 13.1 Å². The third kappa shape index (κ3) is 3.97. The summed E-state index contributed by atoms with van der Waals surface area (Å²) < 4.78 is 0. The third-order valence-electron chi connectivity index (χ3n) is 3.68. The SMILES string of the molecule is C/C=C(\C)CN1CCN(Cc2ccccc2)CC1. The molecule has 2 nitrogen and oxygen atoms in total. The van der Waals surface area contributed by atoms with E-state index in [2.05, 4.69) is 60.1 Å². The van der Waals surface area contributed by atoms with E-state index >= 15 is 0 Å². The number of nitrogens with zero attached hydrogens (tertiary/aromatic N) is 2. The molecular weight excluding hydrogens is 220 g/mol. The summed E-state index contributed by atoms with van der Waals surface area (Å²) in [4.78, 5) is 5.10. The molecule has 1 aromatic rings. The van der Waals surface area contributed by atoms with E-state index in [1.807, 2.05) is 0 Å². The number of hydrogen-bond acceptors (Lipinski definition) is 2. The Bertz CT molecular complexity index is 375. The zero-order valence-corrected chi connectivity index (χ0v) is 11.6. The van der Waals surface area contributed by atoms with Crippen molar-refractivity contribution in [1.29, 1.82) is 0 Å². The van der Waals surface area contributed by atoms with Gasteiger partial charge >= 0.3 is 0 Å². The number of piperazine rings is 1. The minimum absolute atomic E-state index is 1.09. The number of allylic oxidation sites excluding steroid dienone is 1. The first-order chi connectivity index (χ1) is 8.78. The molecule has 0 N–H and O–H groups in total. The van der Waals surface area contributed by atoms with Crippen LogP contribution in [0.1, 0.15) is 19.4 Å². The van der Waals surface area contributed by atoms with Crippen molar-refractivity contribution in [3.63, 3.8) is 0 Å². The van der Waals surface area contributed by atoms with E-state index in [0.29, 0.717) is 0 Å². The molecular formula is C16H24N2. The van der Waals surface area contributed by atoms with Crippen LogP contribution >= 0.6 is 0 Å². The Balaban J connectivity index is 1.77. The fourth-order valence-corrected chi connectivity index (χ4v) is 2.39. The molecule has 1 heterocycles. The highest BCUT2D eigenvalue weighted by atomic mass is 15.3. The second kappa shape index (κ2) is 6.72. The van der Waals surface area contributed by atoms with E-state index in [1.54, 1.807) is 0 Å². The maximum absolute atomic E-state index is 2.55. The van der Waals surface area contributed by atoms with Crippen LogP contribution in [0.5, 0.6) is 0 Å². The van der Waals surface area contributed by atoms with E-state index in [9.17, 15) is 0 Å². The smallest absolute Gasteiger partial charge is 0.0234 e. The van der Waals surface area contributed by atoms with Crippen molar-refractivity contribution in [2.45, 2.75) is 20.4 Å². The van der Waals surface area contributed by atoms with Crippen LogP contribution in [0.4, 0.5) is 0 Å². The quantitative estimate of drug-likeness (QED) is 0.752. The summed E-state index contributed by atoms with van der Waals surface area (Å²) in [5.41, 5.74) is 2.90. The molecule has 1 aliphatic heterocycles. The van der Waals surface area contributed by atoms with Crippen LogP contribution in [-0.4, -0.2) is 42.5 Å². The van der Waals surface area contributed by atoms with Crippen LogP contribution in [0.2, 0.25) is 0 Å². The second-order valence-electron chi connectivity index (χ2n) is 5.17. The number of hydrogen-bond donors (Lipinski definition) is 0. The van der Waals surface area contributed by atoms with Crippen LogP contribution in [0.25, 0.3) is 0 Å². The minimum Gasteiger partial charge on any atom is -0.297 e. The summed E-state index contributed by atoms with van der Waals surface area (Å²) >= 11 is 0.